The van der Waals surface area contributed by atoms with E-state index in [2.05, 4.69) is 23.3 Å². The first-order valence-electron chi connectivity index (χ1n) is 4.01. The first kappa shape index (κ1) is 8.12. The number of nitrogens with one attached hydrogen (secondary N) is 2. The van der Waals surface area contributed by atoms with Crippen LogP contribution in [0.5, 0.6) is 0 Å². The second-order valence-electron chi connectivity index (χ2n) is 2.47. The van der Waals surface area contributed by atoms with E-state index in [-0.39, 0.29) is 0 Å². The van der Waals surface area contributed by atoms with Gasteiger partial charge in [-0.05, 0) is 25.1 Å². The van der Waals surface area contributed by atoms with Gasteiger partial charge in [0.1, 0.15) is 0 Å². The number of allylic oxidation sites excluding steroid dienone is 1. The van der Waals surface area contributed by atoms with Crippen LogP contribution >= 0.6 is 0 Å². The Hall–Kier alpha value is -0.980. The molecule has 2 N–H and O–H groups in total. The first-order chi connectivity index (χ1) is 5.43. The molecule has 0 aromatic heterocycles. The van der Waals surface area contributed by atoms with Gasteiger partial charge in [0.05, 0.1) is 5.70 Å². The minimum atomic E-state index is 0.884. The monoisotopic (exact) mass is 150 g/mol. The van der Waals surface area contributed by atoms with Gasteiger partial charge >= 0.3 is 0 Å². The third-order valence-electron chi connectivity index (χ3n) is 1.44. The second-order valence-corrected chi connectivity index (χ2v) is 2.47. The van der Waals surface area contributed by atoms with E-state index in [0.717, 1.165) is 18.8 Å². The molecule has 1 aliphatic heterocycles. The van der Waals surface area contributed by atoms with Crippen molar-refractivity contribution in [3.05, 3.63) is 29.8 Å². The van der Waals surface area contributed by atoms with Gasteiger partial charge in [0.15, 0.2) is 0 Å². The highest BCUT2D eigenvalue weighted by Crippen LogP contribution is 1.89. The summed E-state index contributed by atoms with van der Waals surface area (Å²) in [5.74, 6) is 0. The zero-order valence-electron chi connectivity index (χ0n) is 6.85. The van der Waals surface area contributed by atoms with Crippen molar-refractivity contribution in [1.29, 1.82) is 0 Å². The van der Waals surface area contributed by atoms with Crippen LogP contribution in [0, 0.1) is 0 Å². The van der Waals surface area contributed by atoms with Crippen LogP contribution in [0.1, 0.15) is 13.3 Å². The lowest BCUT2D eigenvalue weighted by Crippen LogP contribution is -2.23. The van der Waals surface area contributed by atoms with E-state index in [1.807, 2.05) is 18.4 Å². The highest BCUT2D eigenvalue weighted by Gasteiger charge is 1.92. The van der Waals surface area contributed by atoms with Crippen molar-refractivity contribution in [2.75, 3.05) is 13.1 Å². The molecule has 0 unspecified atom stereocenters. The average Bonchev–Trinajstić information content (AvgIpc) is 2.07. The van der Waals surface area contributed by atoms with Gasteiger partial charge in [0.25, 0.3) is 0 Å². The molecule has 60 valence electrons. The normalized spacial score (nSPS) is 14.5. The predicted octanol–water partition coefficient (Wildman–Crippen LogP) is 1.14. The Balaban J connectivity index is 2.22. The summed E-state index contributed by atoms with van der Waals surface area (Å²) < 4.78 is 0. The molecule has 0 atom stereocenters. The van der Waals surface area contributed by atoms with E-state index >= 15 is 0 Å². The van der Waals surface area contributed by atoms with Gasteiger partial charge in [-0.3, -0.25) is 0 Å². The number of rotatable bonds is 4. The summed E-state index contributed by atoms with van der Waals surface area (Å²) in [4.78, 5) is 0. The summed E-state index contributed by atoms with van der Waals surface area (Å²) in [5.41, 5.74) is 4.22. The van der Waals surface area contributed by atoms with Crippen molar-refractivity contribution in [2.24, 2.45) is 0 Å². The Morgan fingerprint density at radius 2 is 2.55 bits per heavy atom. The molecular weight excluding hydrogens is 136 g/mol. The van der Waals surface area contributed by atoms with Crippen LogP contribution in [0.2, 0.25) is 0 Å². The summed E-state index contributed by atoms with van der Waals surface area (Å²) in [7, 11) is 0. The molecule has 0 fully saturated rings. The zero-order valence-corrected chi connectivity index (χ0v) is 6.85. The lowest BCUT2D eigenvalue weighted by atomic mass is 10.3. The van der Waals surface area contributed by atoms with E-state index < -0.39 is 0 Å². The van der Waals surface area contributed by atoms with Crippen LogP contribution in [-0.2, 0) is 0 Å². The Morgan fingerprint density at radius 3 is 3.18 bits per heavy atom. The predicted molar refractivity (Wildman–Crippen MR) is 47.0 cm³/mol. The molecule has 0 aromatic rings. The maximum absolute atomic E-state index is 3.29. The smallest absolute Gasteiger partial charge is 0.0718 e. The van der Waals surface area contributed by atoms with Gasteiger partial charge in [-0.1, -0.05) is 12.7 Å². The van der Waals surface area contributed by atoms with E-state index in [9.17, 15) is 0 Å². The number of hydrogen-bond acceptors (Lipinski definition) is 2. The average molecular weight is 150 g/mol. The molecule has 0 bridgehead atoms. The minimum absolute atomic E-state index is 0.884. The Kier molecular flexibility index (Phi) is 3.53. The fraction of sp³-hybridized carbons (Fsp3) is 0.444. The highest BCUT2D eigenvalue weighted by molar-refractivity contribution is 5.15. The van der Waals surface area contributed by atoms with Gasteiger partial charge in [0, 0.05) is 12.7 Å². The quantitative estimate of drug-likeness (QED) is 0.464. The van der Waals surface area contributed by atoms with Crippen LogP contribution in [0.25, 0.3) is 0 Å². The highest BCUT2D eigenvalue weighted by atomic mass is 14.9. The summed E-state index contributed by atoms with van der Waals surface area (Å²) in [5, 5.41) is 6.40. The van der Waals surface area contributed by atoms with Gasteiger partial charge in [-0.15, -0.1) is 0 Å². The van der Waals surface area contributed by atoms with Crippen LogP contribution < -0.4 is 10.6 Å². The molecule has 0 radical (unpaired) electrons. The zero-order chi connectivity index (χ0) is 7.94. The lowest BCUT2D eigenvalue weighted by Gasteiger charge is -2.06. The maximum Gasteiger partial charge on any atom is 0.0718 e. The minimum Gasteiger partial charge on any atom is -0.358 e. The van der Waals surface area contributed by atoms with E-state index in [4.69, 9.17) is 0 Å². The second kappa shape index (κ2) is 4.78. The van der Waals surface area contributed by atoms with Gasteiger partial charge in [-0.25, -0.2) is 0 Å². The third kappa shape index (κ3) is 3.08. The Labute approximate surface area is 67.7 Å². The van der Waals surface area contributed by atoms with Crippen LogP contribution in [0.3, 0.4) is 0 Å². The molecule has 2 nitrogen and oxygen atoms in total. The summed E-state index contributed by atoms with van der Waals surface area (Å²) >= 11 is 0. The molecule has 1 rings (SSSR count). The lowest BCUT2D eigenvalue weighted by molar-refractivity contribution is 0.697. The molecule has 0 spiro atoms. The van der Waals surface area contributed by atoms with E-state index in [1.54, 1.807) is 0 Å². The van der Waals surface area contributed by atoms with Crippen molar-refractivity contribution < 1.29 is 0 Å². The van der Waals surface area contributed by atoms with E-state index in [1.165, 1.54) is 6.42 Å². The van der Waals surface area contributed by atoms with Crippen molar-refractivity contribution in [3.8, 4) is 0 Å². The summed E-state index contributed by atoms with van der Waals surface area (Å²) in [6, 6.07) is 0. The molecule has 0 aromatic carbocycles. The molecular formula is C9H14N2. The van der Waals surface area contributed by atoms with Gasteiger partial charge < -0.3 is 10.6 Å². The first-order valence-corrected chi connectivity index (χ1v) is 4.01. The van der Waals surface area contributed by atoms with E-state index in [0.29, 0.717) is 0 Å². The molecule has 2 heteroatoms. The van der Waals surface area contributed by atoms with Crippen LogP contribution in [0.4, 0.5) is 0 Å². The van der Waals surface area contributed by atoms with Crippen LogP contribution in [-0.4, -0.2) is 13.1 Å². The molecule has 11 heavy (non-hydrogen) atoms. The fourth-order valence-electron chi connectivity index (χ4n) is 0.879. The maximum atomic E-state index is 3.29. The van der Waals surface area contributed by atoms with Gasteiger partial charge in [-0.2, -0.15) is 0 Å². The largest absolute Gasteiger partial charge is 0.358 e. The topological polar surface area (TPSA) is 24.1 Å². The SMILES string of the molecule is CCCNCC1=C=CC=CN1. The van der Waals surface area contributed by atoms with Crippen LogP contribution in [0.15, 0.2) is 29.8 Å². The molecule has 0 aliphatic carbocycles. The van der Waals surface area contributed by atoms with Crippen molar-refractivity contribution in [2.45, 2.75) is 13.3 Å². The van der Waals surface area contributed by atoms with Crippen molar-refractivity contribution in [1.82, 2.24) is 10.6 Å². The molecule has 1 heterocycles. The molecule has 0 saturated heterocycles. The molecule has 0 saturated carbocycles. The molecule has 0 amide bonds. The standard InChI is InChI=1S/C9H14N2/c1-2-6-10-8-9-5-3-4-7-11-9/h3-4,7,10-11H,2,6,8H2,1H3. The van der Waals surface area contributed by atoms with Gasteiger partial charge in [0.2, 0.25) is 0 Å². The summed E-state index contributed by atoms with van der Waals surface area (Å²) in [6.07, 6.45) is 6.94. The van der Waals surface area contributed by atoms with Crippen molar-refractivity contribution >= 4 is 0 Å². The number of hydrogen-bond donors (Lipinski definition) is 2. The van der Waals surface area contributed by atoms with Crippen molar-refractivity contribution in [3.63, 3.8) is 0 Å². The third-order valence-corrected chi connectivity index (χ3v) is 1.44. The summed E-state index contributed by atoms with van der Waals surface area (Å²) in [6.45, 7) is 4.11. The fourth-order valence-corrected chi connectivity index (χ4v) is 0.879. The Morgan fingerprint density at radius 1 is 1.64 bits per heavy atom. The molecule has 1 aliphatic rings. The Bertz CT molecular complexity index is 198.